The van der Waals surface area contributed by atoms with Crippen LogP contribution in [0.4, 0.5) is 4.79 Å². The predicted octanol–water partition coefficient (Wildman–Crippen LogP) is 3.24. The van der Waals surface area contributed by atoms with E-state index in [4.69, 9.17) is 4.42 Å². The molecule has 2 N–H and O–H groups in total. The number of carbonyl (C=O) groups excluding carboxylic acids is 2. The van der Waals surface area contributed by atoms with Gasteiger partial charge in [0.15, 0.2) is 5.58 Å². The van der Waals surface area contributed by atoms with Gasteiger partial charge in [0.2, 0.25) is 10.0 Å². The number of hydrogen-bond acceptors (Lipinski definition) is 7. The highest BCUT2D eigenvalue weighted by molar-refractivity contribution is 8.18. The number of furan rings is 1. The van der Waals surface area contributed by atoms with Crippen molar-refractivity contribution in [3.05, 3.63) is 64.5 Å². The van der Waals surface area contributed by atoms with Crippen molar-refractivity contribution in [1.29, 1.82) is 0 Å². The second-order valence-electron chi connectivity index (χ2n) is 7.16. The summed E-state index contributed by atoms with van der Waals surface area (Å²) in [4.78, 5) is 27.6. The van der Waals surface area contributed by atoms with E-state index in [1.54, 1.807) is 44.4 Å². The van der Waals surface area contributed by atoms with E-state index in [9.17, 15) is 18.0 Å². The number of aromatic nitrogens is 1. The van der Waals surface area contributed by atoms with Gasteiger partial charge in [-0.2, -0.15) is 0 Å². The Balaban J connectivity index is 1.61. The lowest BCUT2D eigenvalue weighted by molar-refractivity contribution is -0.115. The van der Waals surface area contributed by atoms with Crippen LogP contribution < -0.4 is 10.0 Å². The fraction of sp³-hybridized carbons (Fsp3) is 0.136. The van der Waals surface area contributed by atoms with Crippen molar-refractivity contribution in [3.63, 3.8) is 0 Å². The topological polar surface area (TPSA) is 118 Å². The zero-order chi connectivity index (χ0) is 22.9. The molecule has 2 aromatic heterocycles. The van der Waals surface area contributed by atoms with Crippen LogP contribution in [0.3, 0.4) is 0 Å². The Hall–Kier alpha value is -3.39. The van der Waals surface area contributed by atoms with Crippen LogP contribution in [0.15, 0.2) is 56.9 Å². The number of nitrogens with one attached hydrogen (secondary N) is 2. The van der Waals surface area contributed by atoms with Gasteiger partial charge in [0.25, 0.3) is 11.1 Å². The fourth-order valence-electron chi connectivity index (χ4n) is 2.93. The molecule has 3 heterocycles. The summed E-state index contributed by atoms with van der Waals surface area (Å²) in [6, 6.07) is 7.75. The fourth-order valence-corrected chi connectivity index (χ4v) is 4.84. The zero-order valence-electron chi connectivity index (χ0n) is 17.0. The summed E-state index contributed by atoms with van der Waals surface area (Å²) in [6.45, 7) is 3.51. The molecule has 0 aliphatic carbocycles. The Morgan fingerprint density at radius 2 is 1.91 bits per heavy atom. The molecule has 1 saturated heterocycles. The summed E-state index contributed by atoms with van der Waals surface area (Å²) < 4.78 is 32.8. The molecule has 3 aromatic rings. The number of rotatable bonds is 4. The zero-order valence-corrected chi connectivity index (χ0v) is 18.6. The maximum absolute atomic E-state index is 12.2. The summed E-state index contributed by atoms with van der Waals surface area (Å²) >= 11 is 0.807. The van der Waals surface area contributed by atoms with Gasteiger partial charge in [-0.25, -0.2) is 13.1 Å². The van der Waals surface area contributed by atoms with Crippen molar-refractivity contribution in [1.82, 2.24) is 15.0 Å². The van der Waals surface area contributed by atoms with Crippen molar-refractivity contribution < 1.29 is 22.4 Å². The van der Waals surface area contributed by atoms with E-state index in [0.29, 0.717) is 27.9 Å². The van der Waals surface area contributed by atoms with Crippen LogP contribution in [-0.4, -0.2) is 30.6 Å². The predicted molar refractivity (Wildman–Crippen MR) is 121 cm³/mol. The number of amides is 2. The van der Waals surface area contributed by atoms with Gasteiger partial charge >= 0.3 is 0 Å². The third-order valence-electron chi connectivity index (χ3n) is 4.25. The molecule has 8 nitrogen and oxygen atoms in total. The van der Waals surface area contributed by atoms with Crippen LogP contribution in [0.1, 0.15) is 30.7 Å². The Morgan fingerprint density at radius 1 is 1.16 bits per heavy atom. The normalized spacial score (nSPS) is 15.3. The summed E-state index contributed by atoms with van der Waals surface area (Å²) in [5, 5.41) is 2.46. The molecule has 0 unspecified atom stereocenters. The third kappa shape index (κ3) is 4.75. The number of carbonyl (C=O) groups is 2. The van der Waals surface area contributed by atoms with Crippen LogP contribution in [0, 0.1) is 11.8 Å². The number of nitrogens with zero attached hydrogens (tertiary/aromatic N) is 1. The summed E-state index contributed by atoms with van der Waals surface area (Å²) in [5.41, 5.74) is 1.65. The molecule has 10 heteroatoms. The average molecular weight is 468 g/mol. The highest BCUT2D eigenvalue weighted by Crippen LogP contribution is 2.28. The Morgan fingerprint density at radius 3 is 2.56 bits per heavy atom. The molecule has 1 aromatic carbocycles. The number of thioether (sulfide) groups is 1. The van der Waals surface area contributed by atoms with Gasteiger partial charge in [-0.15, -0.1) is 0 Å². The molecular weight excluding hydrogens is 450 g/mol. The second kappa shape index (κ2) is 8.63. The summed E-state index contributed by atoms with van der Waals surface area (Å²) in [5.74, 6) is 5.89. The number of sulfonamides is 1. The van der Waals surface area contributed by atoms with Crippen molar-refractivity contribution in [2.75, 3.05) is 0 Å². The van der Waals surface area contributed by atoms with E-state index < -0.39 is 21.2 Å². The van der Waals surface area contributed by atoms with E-state index >= 15 is 0 Å². The molecule has 162 valence electrons. The second-order valence-corrected chi connectivity index (χ2v) is 9.89. The first-order valence-corrected chi connectivity index (χ1v) is 11.8. The maximum Gasteiger partial charge on any atom is 0.290 e. The van der Waals surface area contributed by atoms with E-state index in [1.165, 1.54) is 18.2 Å². The van der Waals surface area contributed by atoms with Gasteiger partial charge in [0, 0.05) is 35.5 Å². The van der Waals surface area contributed by atoms with Gasteiger partial charge in [-0.05, 0) is 55.9 Å². The van der Waals surface area contributed by atoms with Crippen LogP contribution in [0.25, 0.3) is 17.0 Å². The molecule has 0 radical (unpaired) electrons. The van der Waals surface area contributed by atoms with Crippen molar-refractivity contribution >= 4 is 50.0 Å². The Bertz CT molecular complexity index is 1430. The Labute approximate surface area is 188 Å². The minimum Gasteiger partial charge on any atom is -0.455 e. The van der Waals surface area contributed by atoms with E-state index in [-0.39, 0.29) is 15.8 Å². The first kappa shape index (κ1) is 21.8. The average Bonchev–Trinajstić information content (AvgIpc) is 3.28. The molecule has 0 spiro atoms. The maximum atomic E-state index is 12.2. The largest absolute Gasteiger partial charge is 0.455 e. The van der Waals surface area contributed by atoms with Gasteiger partial charge < -0.3 is 4.42 Å². The minimum absolute atomic E-state index is 0.163. The minimum atomic E-state index is -3.57. The molecule has 2 amide bonds. The molecule has 32 heavy (non-hydrogen) atoms. The molecule has 1 fully saturated rings. The van der Waals surface area contributed by atoms with Crippen molar-refractivity contribution in [2.45, 2.75) is 24.8 Å². The molecule has 0 saturated carbocycles. The molecule has 0 atom stereocenters. The van der Waals surface area contributed by atoms with E-state index in [0.717, 1.165) is 11.8 Å². The molecular formula is C22H17N3O5S2. The third-order valence-corrected chi connectivity index (χ3v) is 6.74. The summed E-state index contributed by atoms with van der Waals surface area (Å²) in [6.07, 6.45) is 4.66. The SMILES string of the molecule is CC(C)NS(=O)(=O)c1ccc(C#Cc2cncc3cc(/C=C4/SC(=O)NC4=O)oc23)cc1. The van der Waals surface area contributed by atoms with Crippen LogP contribution >= 0.6 is 11.8 Å². The first-order chi connectivity index (χ1) is 15.2. The van der Waals surface area contributed by atoms with Gasteiger partial charge in [0.1, 0.15) is 5.76 Å². The number of imide groups is 1. The van der Waals surface area contributed by atoms with Crippen molar-refractivity contribution in [3.8, 4) is 11.8 Å². The monoisotopic (exact) mass is 467 g/mol. The van der Waals surface area contributed by atoms with Crippen LogP contribution in [-0.2, 0) is 14.8 Å². The van der Waals surface area contributed by atoms with Gasteiger partial charge in [-0.3, -0.25) is 19.9 Å². The number of hydrogen-bond donors (Lipinski definition) is 2. The lowest BCUT2D eigenvalue weighted by Crippen LogP contribution is -2.30. The molecule has 0 bridgehead atoms. The number of benzene rings is 1. The summed E-state index contributed by atoms with van der Waals surface area (Å²) in [7, 11) is -3.57. The lowest BCUT2D eigenvalue weighted by Gasteiger charge is -2.09. The smallest absolute Gasteiger partial charge is 0.290 e. The van der Waals surface area contributed by atoms with E-state index in [2.05, 4.69) is 26.9 Å². The number of fused-ring (bicyclic) bond motifs is 1. The van der Waals surface area contributed by atoms with Crippen LogP contribution in [0.2, 0.25) is 0 Å². The van der Waals surface area contributed by atoms with Gasteiger partial charge in [0.05, 0.1) is 15.4 Å². The standard InChI is InChI=1S/C22H17N3O5S2/c1-13(2)25-32(28,29)18-7-4-14(5-8-18)3-6-15-11-23-12-16-9-17(30-20(15)16)10-19-21(26)24-22(27)31-19/h4-5,7-13,25H,1-2H3,(H,24,26,27)/b19-10+. The Kier molecular flexibility index (Phi) is 5.88. The highest BCUT2D eigenvalue weighted by atomic mass is 32.2. The molecule has 1 aliphatic heterocycles. The van der Waals surface area contributed by atoms with Crippen molar-refractivity contribution in [2.24, 2.45) is 0 Å². The molecule has 1 aliphatic rings. The number of pyridine rings is 1. The van der Waals surface area contributed by atoms with E-state index in [1.807, 2.05) is 0 Å². The molecule has 4 rings (SSSR count). The first-order valence-electron chi connectivity index (χ1n) is 9.48. The quantitative estimate of drug-likeness (QED) is 0.447. The lowest BCUT2D eigenvalue weighted by atomic mass is 10.2. The highest BCUT2D eigenvalue weighted by Gasteiger charge is 2.25. The van der Waals surface area contributed by atoms with Gasteiger partial charge in [-0.1, -0.05) is 11.8 Å². The van der Waals surface area contributed by atoms with Crippen LogP contribution in [0.5, 0.6) is 0 Å².